The van der Waals surface area contributed by atoms with Gasteiger partial charge >= 0.3 is 0 Å². The molecule has 0 aromatic rings. The largest absolute Gasteiger partial charge is 0.198 e. The lowest BCUT2D eigenvalue weighted by Gasteiger charge is -2.10. The van der Waals surface area contributed by atoms with E-state index >= 15 is 0 Å². The zero-order chi connectivity index (χ0) is 7.28. The highest BCUT2D eigenvalue weighted by molar-refractivity contribution is 4.84. The summed E-state index contributed by atoms with van der Waals surface area (Å²) in [6, 6.07) is 2.13. The summed E-state index contributed by atoms with van der Waals surface area (Å²) in [6.45, 7) is 7.80. The second-order valence-electron chi connectivity index (χ2n) is 2.43. The summed E-state index contributed by atoms with van der Waals surface area (Å²) >= 11 is 0. The van der Waals surface area contributed by atoms with Crippen LogP contribution in [0.2, 0.25) is 0 Å². The number of nitriles is 1. The van der Waals surface area contributed by atoms with Crippen molar-refractivity contribution < 1.29 is 0 Å². The van der Waals surface area contributed by atoms with Gasteiger partial charge in [-0.1, -0.05) is 19.9 Å². The van der Waals surface area contributed by atoms with Crippen LogP contribution < -0.4 is 0 Å². The molecule has 0 saturated carbocycles. The Morgan fingerprint density at radius 2 is 2.22 bits per heavy atom. The highest BCUT2D eigenvalue weighted by Crippen LogP contribution is 2.14. The number of rotatable bonds is 3. The molecule has 0 aliphatic heterocycles. The van der Waals surface area contributed by atoms with Gasteiger partial charge in [0.15, 0.2) is 0 Å². The molecule has 0 radical (unpaired) electrons. The summed E-state index contributed by atoms with van der Waals surface area (Å²) in [5.41, 5.74) is 0. The molecule has 0 rings (SSSR count). The van der Waals surface area contributed by atoms with Crippen LogP contribution in [0.1, 0.15) is 20.3 Å². The normalized spacial score (nSPS) is 15.7. The molecule has 0 heterocycles. The molecular formula is C8H13N. The van der Waals surface area contributed by atoms with E-state index in [2.05, 4.69) is 26.5 Å². The summed E-state index contributed by atoms with van der Waals surface area (Å²) < 4.78 is 0. The highest BCUT2D eigenvalue weighted by atomic mass is 14.2. The second kappa shape index (κ2) is 4.14. The van der Waals surface area contributed by atoms with E-state index in [0.717, 1.165) is 0 Å². The molecule has 0 spiro atoms. The van der Waals surface area contributed by atoms with Gasteiger partial charge in [0.05, 0.1) is 6.07 Å². The topological polar surface area (TPSA) is 23.8 Å². The minimum absolute atomic E-state index is 0.451. The van der Waals surface area contributed by atoms with Crippen LogP contribution in [0.5, 0.6) is 0 Å². The number of hydrogen-bond acceptors (Lipinski definition) is 1. The molecular weight excluding hydrogens is 110 g/mol. The van der Waals surface area contributed by atoms with Crippen LogP contribution in [-0.4, -0.2) is 0 Å². The third-order valence-electron chi connectivity index (χ3n) is 1.68. The molecule has 0 fully saturated rings. The molecule has 1 nitrogen and oxygen atoms in total. The van der Waals surface area contributed by atoms with E-state index in [1.54, 1.807) is 0 Å². The minimum Gasteiger partial charge on any atom is -0.198 e. The molecule has 1 heteroatoms. The lowest BCUT2D eigenvalue weighted by Crippen LogP contribution is -2.02. The summed E-state index contributed by atoms with van der Waals surface area (Å²) in [5.74, 6) is 0.914. The summed E-state index contributed by atoms with van der Waals surface area (Å²) in [7, 11) is 0. The van der Waals surface area contributed by atoms with Crippen LogP contribution in [0.25, 0.3) is 0 Å². The van der Waals surface area contributed by atoms with Gasteiger partial charge in [-0.3, -0.25) is 0 Å². The smallest absolute Gasteiger partial charge is 0.0624 e. The summed E-state index contributed by atoms with van der Waals surface area (Å²) in [6.07, 6.45) is 2.52. The molecule has 0 N–H and O–H groups in total. The molecule has 0 amide bonds. The first kappa shape index (κ1) is 8.23. The van der Waals surface area contributed by atoms with Gasteiger partial charge in [0.25, 0.3) is 0 Å². The third-order valence-corrected chi connectivity index (χ3v) is 1.68. The Bertz CT molecular complexity index is 121. The first-order valence-corrected chi connectivity index (χ1v) is 3.22. The molecule has 0 aromatic carbocycles. The fourth-order valence-corrected chi connectivity index (χ4v) is 0.562. The van der Waals surface area contributed by atoms with Crippen LogP contribution in [0, 0.1) is 23.2 Å². The van der Waals surface area contributed by atoms with E-state index in [1.807, 2.05) is 6.08 Å². The average Bonchev–Trinajstić information content (AvgIpc) is 1.87. The fraction of sp³-hybridized carbons (Fsp3) is 0.625. The molecule has 0 aromatic heterocycles. The third kappa shape index (κ3) is 2.92. The van der Waals surface area contributed by atoms with Gasteiger partial charge in [0.1, 0.15) is 0 Å². The standard InChI is InChI=1S/C8H13N/c1-4-7(2)8(3)5-6-9/h4,7-8H,1,5H2,2-3H3/t7?,8-/m0/s1. The van der Waals surface area contributed by atoms with Crippen LogP contribution >= 0.6 is 0 Å². The van der Waals surface area contributed by atoms with Gasteiger partial charge < -0.3 is 0 Å². The first-order chi connectivity index (χ1) is 4.22. The van der Waals surface area contributed by atoms with Crippen LogP contribution in [0.3, 0.4) is 0 Å². The summed E-state index contributed by atoms with van der Waals surface area (Å²) in [4.78, 5) is 0. The van der Waals surface area contributed by atoms with Gasteiger partial charge in [-0.2, -0.15) is 5.26 Å². The predicted molar refractivity (Wildman–Crippen MR) is 38.8 cm³/mol. The molecule has 9 heavy (non-hydrogen) atoms. The molecule has 0 saturated heterocycles. The van der Waals surface area contributed by atoms with Crippen LogP contribution in [-0.2, 0) is 0 Å². The van der Waals surface area contributed by atoms with E-state index in [0.29, 0.717) is 18.3 Å². The van der Waals surface area contributed by atoms with Crippen LogP contribution in [0.4, 0.5) is 0 Å². The van der Waals surface area contributed by atoms with Crippen molar-refractivity contribution in [2.75, 3.05) is 0 Å². The first-order valence-electron chi connectivity index (χ1n) is 3.22. The number of allylic oxidation sites excluding steroid dienone is 1. The molecule has 0 aliphatic rings. The van der Waals surface area contributed by atoms with E-state index in [1.165, 1.54) is 0 Å². The lowest BCUT2D eigenvalue weighted by molar-refractivity contribution is 0.470. The van der Waals surface area contributed by atoms with Crippen molar-refractivity contribution in [3.8, 4) is 6.07 Å². The van der Waals surface area contributed by atoms with Crippen molar-refractivity contribution in [1.82, 2.24) is 0 Å². The fourth-order valence-electron chi connectivity index (χ4n) is 0.562. The molecule has 0 aliphatic carbocycles. The minimum atomic E-state index is 0.451. The Morgan fingerprint density at radius 3 is 2.56 bits per heavy atom. The maximum absolute atomic E-state index is 8.30. The van der Waals surface area contributed by atoms with Gasteiger partial charge in [0.2, 0.25) is 0 Å². The Kier molecular flexibility index (Phi) is 3.79. The maximum atomic E-state index is 8.30. The quantitative estimate of drug-likeness (QED) is 0.528. The summed E-state index contributed by atoms with van der Waals surface area (Å²) in [5, 5.41) is 8.30. The Balaban J connectivity index is 3.60. The maximum Gasteiger partial charge on any atom is 0.0624 e. The zero-order valence-corrected chi connectivity index (χ0v) is 6.09. The van der Waals surface area contributed by atoms with Crippen molar-refractivity contribution in [3.05, 3.63) is 12.7 Å². The average molecular weight is 123 g/mol. The molecule has 2 atom stereocenters. The van der Waals surface area contributed by atoms with E-state index < -0.39 is 0 Å². The Labute approximate surface area is 57.0 Å². The SMILES string of the molecule is C=CC(C)[C@@H](C)CC#N. The van der Waals surface area contributed by atoms with Crippen molar-refractivity contribution >= 4 is 0 Å². The van der Waals surface area contributed by atoms with Crippen LogP contribution in [0.15, 0.2) is 12.7 Å². The monoisotopic (exact) mass is 123 g/mol. The van der Waals surface area contributed by atoms with Gasteiger partial charge in [-0.05, 0) is 11.8 Å². The van der Waals surface area contributed by atoms with Crippen molar-refractivity contribution in [1.29, 1.82) is 5.26 Å². The number of nitrogens with zero attached hydrogens (tertiary/aromatic N) is 1. The van der Waals surface area contributed by atoms with E-state index in [-0.39, 0.29) is 0 Å². The lowest BCUT2D eigenvalue weighted by atomic mass is 9.94. The van der Waals surface area contributed by atoms with Crippen molar-refractivity contribution in [3.63, 3.8) is 0 Å². The van der Waals surface area contributed by atoms with Gasteiger partial charge in [0, 0.05) is 6.42 Å². The molecule has 0 bridgehead atoms. The highest BCUT2D eigenvalue weighted by Gasteiger charge is 2.06. The number of hydrogen-bond donors (Lipinski definition) is 0. The van der Waals surface area contributed by atoms with Crippen molar-refractivity contribution in [2.24, 2.45) is 11.8 Å². The van der Waals surface area contributed by atoms with Crippen molar-refractivity contribution in [2.45, 2.75) is 20.3 Å². The Hall–Kier alpha value is -0.770. The van der Waals surface area contributed by atoms with E-state index in [4.69, 9.17) is 5.26 Å². The molecule has 50 valence electrons. The van der Waals surface area contributed by atoms with Gasteiger partial charge in [-0.25, -0.2) is 0 Å². The Morgan fingerprint density at radius 1 is 1.67 bits per heavy atom. The second-order valence-corrected chi connectivity index (χ2v) is 2.43. The molecule has 1 unspecified atom stereocenters. The predicted octanol–water partition coefficient (Wildman–Crippen LogP) is 2.36. The zero-order valence-electron chi connectivity index (χ0n) is 6.09. The van der Waals surface area contributed by atoms with E-state index in [9.17, 15) is 0 Å². The van der Waals surface area contributed by atoms with Gasteiger partial charge in [-0.15, -0.1) is 6.58 Å².